The van der Waals surface area contributed by atoms with Crippen molar-refractivity contribution < 1.29 is 76.5 Å². The lowest BCUT2D eigenvalue weighted by atomic mass is 10.1. The zero-order valence-corrected chi connectivity index (χ0v) is 40.6. The maximum atomic E-state index is 13.0. The predicted octanol–water partition coefficient (Wildman–Crippen LogP) is 1.71. The Kier molecular flexibility index (Phi) is 31.3. The third-order valence-corrected chi connectivity index (χ3v) is 9.88. The van der Waals surface area contributed by atoms with Crippen molar-refractivity contribution in [3.63, 3.8) is 0 Å². The molecular weight excluding hydrogens is 939 g/mol. The Bertz CT molecular complexity index is 1930. The van der Waals surface area contributed by atoms with Crippen LogP contribution in [-0.2, 0) is 61.9 Å². The highest BCUT2D eigenvalue weighted by Crippen LogP contribution is 2.17. The molecule has 2 aromatic carbocycles. The fourth-order valence-electron chi connectivity index (χ4n) is 5.57. The standard InChI is InChI=1S/C46H67N7O16S/c1-34(69-33-67-27-26-65-23-22-63-19-18-61-16-17-62-20-21-64-24-25-66-28-29-70-35(2)54)43(58)47-14-5-15-68-39-10-8-37(9-11-39)51-45(60)40(31-42(56)57)53-41(55)32-50-44(59)36-6-3-7-38(30-36)52-46-48-12-4-13-49-46/h3,6-12,30,34,40H,4-5,13-29,31-33H2,1-2H3,(H,47,58)(H,49,52)(H,50,59)(H,51,60)(H,53,55)(H,56,57)/t34-,40?/m0/s1. The first-order valence-electron chi connectivity index (χ1n) is 22.8. The number of benzene rings is 2. The van der Waals surface area contributed by atoms with Gasteiger partial charge in [-0.3, -0.25) is 28.8 Å². The third-order valence-electron chi connectivity index (χ3n) is 9.10. The van der Waals surface area contributed by atoms with E-state index in [1.54, 1.807) is 55.6 Å². The second kappa shape index (κ2) is 37.3. The van der Waals surface area contributed by atoms with E-state index >= 15 is 0 Å². The van der Waals surface area contributed by atoms with Gasteiger partial charge in [0.25, 0.3) is 5.91 Å². The maximum Gasteiger partial charge on any atom is 0.305 e. The molecule has 1 aliphatic heterocycles. The Hall–Kier alpha value is -5.57. The SMILES string of the molecule is CC(=O)SCCOCCOCCOCCOCCOCCOCCOCO[C@@H](C)C(=O)NCCCOc1ccc(NC(=O)C(CC(=O)O)NC(=O)CNC(=O)c2cccc(N=C3N=CCCN3)c2)cc1. The number of guanidine groups is 1. The van der Waals surface area contributed by atoms with Gasteiger partial charge in [-0.25, -0.2) is 9.98 Å². The van der Waals surface area contributed by atoms with Crippen molar-refractivity contribution >= 4 is 70.0 Å². The first-order valence-corrected chi connectivity index (χ1v) is 23.8. The maximum absolute atomic E-state index is 13.0. The quantitative estimate of drug-likeness (QED) is 0.0411. The number of aliphatic imine (C=N–C) groups is 2. The molecule has 0 radical (unpaired) electrons. The largest absolute Gasteiger partial charge is 0.494 e. The third kappa shape index (κ3) is 28.8. The van der Waals surface area contributed by atoms with E-state index in [2.05, 4.69) is 36.6 Å². The number of nitrogens with zero attached hydrogens (tertiary/aromatic N) is 2. The Morgan fingerprint density at radius 1 is 0.771 bits per heavy atom. The first-order chi connectivity index (χ1) is 34.0. The average molecular weight is 1010 g/mol. The summed E-state index contributed by atoms with van der Waals surface area (Å²) in [7, 11) is 0. The van der Waals surface area contributed by atoms with Crippen molar-refractivity contribution in [1.29, 1.82) is 0 Å². The summed E-state index contributed by atoms with van der Waals surface area (Å²) in [4.78, 5) is 81.7. The average Bonchev–Trinajstić information content (AvgIpc) is 3.34. The number of ether oxygens (including phenoxy) is 9. The van der Waals surface area contributed by atoms with Gasteiger partial charge in [-0.1, -0.05) is 17.8 Å². The second-order valence-corrected chi connectivity index (χ2v) is 16.0. The molecule has 0 spiro atoms. The monoisotopic (exact) mass is 1010 g/mol. The highest BCUT2D eigenvalue weighted by Gasteiger charge is 2.24. The molecule has 24 heteroatoms. The van der Waals surface area contributed by atoms with Gasteiger partial charge < -0.3 is 74.3 Å². The van der Waals surface area contributed by atoms with Gasteiger partial charge in [-0.15, -0.1) is 0 Å². The number of aliphatic carboxylic acids is 1. The summed E-state index contributed by atoms with van der Waals surface area (Å²) in [5.74, 6) is -2.20. The van der Waals surface area contributed by atoms with Gasteiger partial charge in [-0.2, -0.15) is 0 Å². The molecule has 70 heavy (non-hydrogen) atoms. The van der Waals surface area contributed by atoms with E-state index < -0.39 is 48.8 Å². The fraction of sp³-hybridized carbons (Fsp3) is 0.565. The second-order valence-electron chi connectivity index (χ2n) is 14.8. The minimum atomic E-state index is -1.43. The van der Waals surface area contributed by atoms with Crippen LogP contribution in [0.5, 0.6) is 5.75 Å². The van der Waals surface area contributed by atoms with E-state index in [-0.39, 0.29) is 36.6 Å². The Morgan fingerprint density at radius 2 is 1.39 bits per heavy atom. The highest BCUT2D eigenvalue weighted by molar-refractivity contribution is 8.13. The van der Waals surface area contributed by atoms with Gasteiger partial charge in [0.2, 0.25) is 23.7 Å². The molecule has 388 valence electrons. The number of hydrogen-bond acceptors (Lipinski definition) is 17. The molecule has 6 N–H and O–H groups in total. The Labute approximate surface area is 411 Å². The van der Waals surface area contributed by atoms with Crippen molar-refractivity contribution in [3.8, 4) is 5.75 Å². The summed E-state index contributed by atoms with van der Waals surface area (Å²) in [5, 5.41) is 22.7. The molecule has 1 aliphatic rings. The van der Waals surface area contributed by atoms with Crippen LogP contribution in [0, 0.1) is 0 Å². The predicted molar refractivity (Wildman–Crippen MR) is 259 cm³/mol. The van der Waals surface area contributed by atoms with Crippen molar-refractivity contribution in [2.24, 2.45) is 9.98 Å². The summed E-state index contributed by atoms with van der Waals surface area (Å²) in [5.41, 5.74) is 1.04. The number of carboxylic acid groups (broad SMARTS) is 1. The molecule has 1 heterocycles. The van der Waals surface area contributed by atoms with Crippen LogP contribution in [0.3, 0.4) is 0 Å². The molecule has 0 saturated carbocycles. The first kappa shape index (κ1) is 58.7. The Morgan fingerprint density at radius 3 is 1.97 bits per heavy atom. The molecule has 0 saturated heterocycles. The number of hydrogen-bond donors (Lipinski definition) is 6. The topological polar surface area (TPSA) is 291 Å². The zero-order chi connectivity index (χ0) is 50.4. The number of carbonyl (C=O) groups is 6. The molecule has 1 unspecified atom stereocenters. The van der Waals surface area contributed by atoms with Crippen LogP contribution in [-0.4, -0.2) is 189 Å². The molecular formula is C46H67N7O16S. The molecule has 2 aromatic rings. The molecule has 0 aliphatic carbocycles. The molecule has 4 amide bonds. The summed E-state index contributed by atoms with van der Waals surface area (Å²) in [6.07, 6.45) is 1.57. The number of carboxylic acids is 1. The molecule has 0 fully saturated rings. The number of nitrogens with one attached hydrogen (secondary N) is 5. The van der Waals surface area contributed by atoms with E-state index in [4.69, 9.17) is 42.6 Å². The van der Waals surface area contributed by atoms with Crippen LogP contribution in [0.25, 0.3) is 0 Å². The number of thioether (sulfide) groups is 1. The van der Waals surface area contributed by atoms with Crippen molar-refractivity contribution in [2.45, 2.75) is 45.3 Å². The summed E-state index contributed by atoms with van der Waals surface area (Å²) < 4.78 is 49.2. The van der Waals surface area contributed by atoms with E-state index in [1.165, 1.54) is 24.8 Å². The smallest absolute Gasteiger partial charge is 0.305 e. The molecule has 2 atom stereocenters. The summed E-state index contributed by atoms with van der Waals surface area (Å²) in [6.45, 7) is 9.39. The van der Waals surface area contributed by atoms with Crippen LogP contribution < -0.4 is 31.3 Å². The number of rotatable bonds is 39. The van der Waals surface area contributed by atoms with Crippen LogP contribution in [0.15, 0.2) is 58.5 Å². The number of carbonyl (C=O) groups excluding carboxylic acids is 5. The van der Waals surface area contributed by atoms with Crippen molar-refractivity contribution in [2.75, 3.05) is 130 Å². The van der Waals surface area contributed by atoms with Crippen LogP contribution >= 0.6 is 11.8 Å². The van der Waals surface area contributed by atoms with Gasteiger partial charge >= 0.3 is 5.97 Å². The minimum Gasteiger partial charge on any atom is -0.494 e. The highest BCUT2D eigenvalue weighted by atomic mass is 32.2. The van der Waals surface area contributed by atoms with Crippen LogP contribution in [0.4, 0.5) is 11.4 Å². The lowest BCUT2D eigenvalue weighted by Crippen LogP contribution is -2.48. The van der Waals surface area contributed by atoms with Crippen molar-refractivity contribution in [3.05, 3.63) is 54.1 Å². The minimum absolute atomic E-state index is 0.0827. The lowest BCUT2D eigenvalue weighted by molar-refractivity contribution is -0.144. The Balaban J connectivity index is 1.15. The summed E-state index contributed by atoms with van der Waals surface area (Å²) in [6, 6.07) is 11.3. The van der Waals surface area contributed by atoms with Gasteiger partial charge in [0.15, 0.2) is 5.12 Å². The number of amides is 4. The fourth-order valence-corrected chi connectivity index (χ4v) is 6.06. The van der Waals surface area contributed by atoms with Gasteiger partial charge in [0, 0.05) is 49.7 Å². The van der Waals surface area contributed by atoms with E-state index in [0.29, 0.717) is 128 Å². The van der Waals surface area contributed by atoms with Gasteiger partial charge in [0.05, 0.1) is 111 Å². The van der Waals surface area contributed by atoms with Crippen LogP contribution in [0.1, 0.15) is 43.5 Å². The molecule has 3 rings (SSSR count). The lowest BCUT2D eigenvalue weighted by Gasteiger charge is -2.17. The molecule has 0 aromatic heterocycles. The molecule has 23 nitrogen and oxygen atoms in total. The van der Waals surface area contributed by atoms with Gasteiger partial charge in [-0.05, 0) is 55.8 Å². The molecule has 0 bridgehead atoms. The van der Waals surface area contributed by atoms with Crippen LogP contribution in [0.2, 0.25) is 0 Å². The van der Waals surface area contributed by atoms with E-state index in [0.717, 1.165) is 6.42 Å². The normalized spacial score (nSPS) is 13.5. The van der Waals surface area contributed by atoms with Crippen molar-refractivity contribution in [1.82, 2.24) is 21.3 Å². The van der Waals surface area contributed by atoms with E-state index in [9.17, 15) is 33.9 Å². The van der Waals surface area contributed by atoms with Gasteiger partial charge in [0.1, 0.15) is 24.7 Å². The zero-order valence-electron chi connectivity index (χ0n) is 39.8. The number of anilines is 1. The summed E-state index contributed by atoms with van der Waals surface area (Å²) >= 11 is 1.24. The van der Waals surface area contributed by atoms with E-state index in [1.807, 2.05) is 0 Å².